The van der Waals surface area contributed by atoms with Gasteiger partial charge in [-0.05, 0) is 25.2 Å². The second-order valence-electron chi connectivity index (χ2n) is 10.5. The van der Waals surface area contributed by atoms with Gasteiger partial charge in [0.25, 0.3) is 0 Å². The van der Waals surface area contributed by atoms with Gasteiger partial charge in [0.15, 0.2) is 0 Å². The van der Waals surface area contributed by atoms with Crippen LogP contribution in [0, 0.1) is 5.92 Å². The van der Waals surface area contributed by atoms with E-state index < -0.39 is 78.6 Å². The minimum absolute atomic E-state index is 0.0604. The van der Waals surface area contributed by atoms with Gasteiger partial charge < -0.3 is 41.2 Å². The first-order chi connectivity index (χ1) is 19.7. The molecule has 0 unspecified atom stereocenters. The van der Waals surface area contributed by atoms with Gasteiger partial charge in [0.2, 0.25) is 29.5 Å². The van der Waals surface area contributed by atoms with E-state index in [1.165, 1.54) is 6.92 Å². The van der Waals surface area contributed by atoms with Gasteiger partial charge in [0.05, 0.1) is 12.5 Å². The summed E-state index contributed by atoms with van der Waals surface area (Å²) in [5.74, 6) is -6.03. The van der Waals surface area contributed by atoms with Crippen LogP contribution in [-0.2, 0) is 38.4 Å². The highest BCUT2D eigenvalue weighted by Gasteiger charge is 2.43. The molecule has 1 fully saturated rings. The van der Waals surface area contributed by atoms with Crippen molar-refractivity contribution in [3.05, 3.63) is 0 Å². The molecule has 6 atom stereocenters. The number of carboxylic acids is 2. The Morgan fingerprint density at radius 1 is 0.976 bits per heavy atom. The molecule has 0 aromatic rings. The Bertz CT molecular complexity index is 1020. The number of carbonyl (C=O) groups is 8. The van der Waals surface area contributed by atoms with Crippen molar-refractivity contribution in [1.29, 1.82) is 0 Å². The van der Waals surface area contributed by atoms with Crippen LogP contribution in [0.4, 0.5) is 0 Å². The Morgan fingerprint density at radius 2 is 1.64 bits per heavy atom. The molecule has 15 heteroatoms. The largest absolute Gasteiger partial charge is 0.481 e. The lowest BCUT2D eigenvalue weighted by Crippen LogP contribution is -2.58. The van der Waals surface area contributed by atoms with E-state index in [0.29, 0.717) is 12.8 Å². The Labute approximate surface area is 244 Å². The summed E-state index contributed by atoms with van der Waals surface area (Å²) in [7, 11) is 0. The Morgan fingerprint density at radius 3 is 2.17 bits per heavy atom. The average Bonchev–Trinajstić information content (AvgIpc) is 3.34. The molecule has 6 N–H and O–H groups in total. The molecule has 0 aromatic heterocycles. The van der Waals surface area contributed by atoms with Crippen LogP contribution in [0.3, 0.4) is 0 Å². The van der Waals surface area contributed by atoms with Crippen molar-refractivity contribution in [2.45, 2.75) is 109 Å². The van der Waals surface area contributed by atoms with Gasteiger partial charge in [0, 0.05) is 32.4 Å². The van der Waals surface area contributed by atoms with Gasteiger partial charge in [-0.1, -0.05) is 33.6 Å². The van der Waals surface area contributed by atoms with Gasteiger partial charge in [-0.3, -0.25) is 33.6 Å². The monoisotopic (exact) mass is 597 g/mol. The summed E-state index contributed by atoms with van der Waals surface area (Å²) in [5.41, 5.74) is 0. The second-order valence-corrected chi connectivity index (χ2v) is 10.5. The van der Waals surface area contributed by atoms with Crippen LogP contribution in [0.15, 0.2) is 0 Å². The zero-order chi connectivity index (χ0) is 32.0. The molecule has 0 spiro atoms. The fourth-order valence-electron chi connectivity index (χ4n) is 4.58. The molecule has 0 aromatic carbocycles. The average molecular weight is 598 g/mol. The maximum absolute atomic E-state index is 13.8. The van der Waals surface area contributed by atoms with E-state index in [1.54, 1.807) is 13.8 Å². The highest BCUT2D eigenvalue weighted by Crippen LogP contribution is 2.22. The normalized spacial score (nSPS) is 19.0. The third-order valence-corrected chi connectivity index (χ3v) is 7.01. The Balaban J connectivity index is 3.33. The molecule has 236 valence electrons. The molecule has 1 heterocycles. The number of aldehydes is 1. The van der Waals surface area contributed by atoms with Crippen molar-refractivity contribution in [2.75, 3.05) is 6.54 Å². The number of aliphatic carboxylic acids is 2. The lowest BCUT2D eigenvalue weighted by molar-refractivity contribution is -0.144. The van der Waals surface area contributed by atoms with E-state index in [4.69, 9.17) is 5.11 Å². The number of hydrogen-bond donors (Lipinski definition) is 6. The number of amides is 5. The number of likely N-dealkylation sites (tertiary alicyclic amines) is 1. The summed E-state index contributed by atoms with van der Waals surface area (Å²) in [4.78, 5) is 99.2. The van der Waals surface area contributed by atoms with E-state index >= 15 is 0 Å². The summed E-state index contributed by atoms with van der Waals surface area (Å²) in [6, 6.07) is -5.72. The van der Waals surface area contributed by atoms with Crippen molar-refractivity contribution in [1.82, 2.24) is 26.2 Å². The number of hydrogen-bond acceptors (Lipinski definition) is 8. The lowest BCUT2D eigenvalue weighted by Gasteiger charge is -2.31. The highest BCUT2D eigenvalue weighted by atomic mass is 16.4. The van der Waals surface area contributed by atoms with Gasteiger partial charge in [-0.25, -0.2) is 0 Å². The predicted octanol–water partition coefficient (Wildman–Crippen LogP) is -0.679. The molecule has 5 amide bonds. The van der Waals surface area contributed by atoms with Crippen molar-refractivity contribution in [2.24, 2.45) is 5.92 Å². The van der Waals surface area contributed by atoms with Crippen LogP contribution in [-0.4, -0.2) is 99.6 Å². The van der Waals surface area contributed by atoms with Crippen molar-refractivity contribution in [3.8, 4) is 0 Å². The van der Waals surface area contributed by atoms with Gasteiger partial charge in [-0.2, -0.15) is 0 Å². The zero-order valence-electron chi connectivity index (χ0n) is 24.5. The fraction of sp³-hybridized carbons (Fsp3) is 0.704. The number of carbonyl (C=O) groups excluding carboxylic acids is 6. The van der Waals surface area contributed by atoms with Crippen molar-refractivity contribution < 1.29 is 48.6 Å². The molecule has 0 aliphatic carbocycles. The van der Waals surface area contributed by atoms with Crippen molar-refractivity contribution >= 4 is 47.8 Å². The molecule has 15 nitrogen and oxygen atoms in total. The minimum Gasteiger partial charge on any atom is -0.481 e. The van der Waals surface area contributed by atoms with Crippen LogP contribution in [0.1, 0.15) is 79.1 Å². The van der Waals surface area contributed by atoms with E-state index in [1.807, 2.05) is 6.92 Å². The molecular weight excluding hydrogens is 554 g/mol. The fourth-order valence-corrected chi connectivity index (χ4v) is 4.58. The molecule has 0 radical (unpaired) electrons. The molecule has 42 heavy (non-hydrogen) atoms. The third-order valence-electron chi connectivity index (χ3n) is 7.01. The summed E-state index contributed by atoms with van der Waals surface area (Å²) in [6.07, 6.45) is 0.792. The number of unbranched alkanes of at least 4 members (excludes halogenated alkanes) is 1. The quantitative estimate of drug-likeness (QED) is 0.109. The van der Waals surface area contributed by atoms with Crippen LogP contribution < -0.4 is 21.3 Å². The van der Waals surface area contributed by atoms with Crippen LogP contribution in [0.5, 0.6) is 0 Å². The van der Waals surface area contributed by atoms with Crippen LogP contribution >= 0.6 is 0 Å². The smallest absolute Gasteiger partial charge is 0.305 e. The maximum Gasteiger partial charge on any atom is 0.305 e. The van der Waals surface area contributed by atoms with Crippen molar-refractivity contribution in [3.63, 3.8) is 0 Å². The first-order valence-electron chi connectivity index (χ1n) is 14.1. The minimum atomic E-state index is -1.40. The van der Waals surface area contributed by atoms with E-state index in [2.05, 4.69) is 21.3 Å². The summed E-state index contributed by atoms with van der Waals surface area (Å²) >= 11 is 0. The van der Waals surface area contributed by atoms with E-state index in [9.17, 15) is 43.5 Å². The molecule has 1 aliphatic heterocycles. The number of nitrogens with one attached hydrogen (secondary N) is 4. The molecule has 0 bridgehead atoms. The Hall–Kier alpha value is -4.04. The first kappa shape index (κ1) is 36.0. The standard InChI is InChI=1S/C27H43N5O10/c1-5-7-8-21(35)29-17-11-20(25(40)30-18(14-33)12-23(38)39)32(13-17)27(42)19(9-10-22(36)37)31-26(41)24(15(3)6-2)28-16(4)34/h14-15,17-20,24H,5-13H2,1-4H3,(H,28,34)(H,29,35)(H,30,40)(H,31,41)(H,36,37)(H,38,39)/t15-,17+,18-,19-,20-,24-/m0/s1. The summed E-state index contributed by atoms with van der Waals surface area (Å²) in [5, 5.41) is 28.4. The Kier molecular flexibility index (Phi) is 15.2. The summed E-state index contributed by atoms with van der Waals surface area (Å²) in [6.45, 7) is 6.52. The molecule has 1 saturated heterocycles. The maximum atomic E-state index is 13.8. The zero-order valence-corrected chi connectivity index (χ0v) is 24.5. The molecular formula is C27H43N5O10. The van der Waals surface area contributed by atoms with E-state index in [-0.39, 0.29) is 43.9 Å². The molecule has 1 rings (SSSR count). The number of nitrogens with zero attached hydrogens (tertiary/aromatic N) is 1. The summed E-state index contributed by atoms with van der Waals surface area (Å²) < 4.78 is 0. The molecule has 0 saturated carbocycles. The van der Waals surface area contributed by atoms with E-state index in [0.717, 1.165) is 11.3 Å². The van der Waals surface area contributed by atoms with Gasteiger partial charge >= 0.3 is 11.9 Å². The predicted molar refractivity (Wildman–Crippen MR) is 148 cm³/mol. The van der Waals surface area contributed by atoms with Crippen LogP contribution in [0.2, 0.25) is 0 Å². The second kappa shape index (κ2) is 17.7. The topological polar surface area (TPSA) is 228 Å². The lowest BCUT2D eigenvalue weighted by atomic mass is 9.97. The first-order valence-corrected chi connectivity index (χ1v) is 14.1. The number of rotatable bonds is 18. The number of carboxylic acid groups (broad SMARTS) is 2. The van der Waals surface area contributed by atoms with Gasteiger partial charge in [-0.15, -0.1) is 0 Å². The SMILES string of the molecule is CCCCC(=O)N[C@@H]1C[C@@H](C(=O)N[C@H](C=O)CC(=O)O)N(C(=O)[C@H](CCC(=O)O)NC(=O)[C@@H](NC(C)=O)[C@@H](C)CC)C1. The molecule has 1 aliphatic rings. The van der Waals surface area contributed by atoms with Gasteiger partial charge in [0.1, 0.15) is 24.4 Å². The highest BCUT2D eigenvalue weighted by molar-refractivity contribution is 5.95. The van der Waals surface area contributed by atoms with Crippen LogP contribution in [0.25, 0.3) is 0 Å². The third kappa shape index (κ3) is 11.8.